The Morgan fingerprint density at radius 1 is 1.00 bits per heavy atom. The lowest BCUT2D eigenvalue weighted by Crippen LogP contribution is -2.31. The molecule has 5 rings (SSSR count). The quantitative estimate of drug-likeness (QED) is 0.285. The van der Waals surface area contributed by atoms with Crippen LogP contribution in [-0.2, 0) is 24.4 Å². The number of pyridine rings is 1. The van der Waals surface area contributed by atoms with Crippen LogP contribution in [0.3, 0.4) is 0 Å². The van der Waals surface area contributed by atoms with E-state index in [2.05, 4.69) is 29.2 Å². The van der Waals surface area contributed by atoms with Gasteiger partial charge in [0.2, 0.25) is 5.91 Å². The van der Waals surface area contributed by atoms with E-state index in [1.54, 1.807) is 24.4 Å². The number of ether oxygens (including phenoxy) is 2. The van der Waals surface area contributed by atoms with E-state index in [0.29, 0.717) is 35.4 Å². The van der Waals surface area contributed by atoms with Crippen molar-refractivity contribution in [1.82, 2.24) is 9.88 Å². The lowest BCUT2D eigenvalue weighted by molar-refractivity contribution is -0.126. The Morgan fingerprint density at radius 3 is 2.69 bits per heavy atom. The van der Waals surface area contributed by atoms with Crippen molar-refractivity contribution in [3.63, 3.8) is 0 Å². The first-order valence-corrected chi connectivity index (χ1v) is 12.6. The molecule has 0 unspecified atom stereocenters. The molecule has 35 heavy (non-hydrogen) atoms. The molecule has 0 saturated carbocycles. The summed E-state index contributed by atoms with van der Waals surface area (Å²) in [5.74, 6) is 1.34. The van der Waals surface area contributed by atoms with Crippen molar-refractivity contribution in [3.05, 3.63) is 102 Å². The standard InChI is InChI=1S/C28H24N2O3S2/c1-32-25-14-19(15-26-27(31)30(28(34)35-26)17-20-6-5-13-29-16-20)11-12-24(25)33-18-22-9-4-8-21-7-2-3-10-23(21)22/h2-14,16,26H,15,17-18H2,1H3/t26-/m0/s1. The highest BCUT2D eigenvalue weighted by Gasteiger charge is 2.36. The van der Waals surface area contributed by atoms with Gasteiger partial charge in [-0.15, -0.1) is 0 Å². The minimum atomic E-state index is -0.258. The predicted octanol–water partition coefficient (Wildman–Crippen LogP) is 5.79. The number of thioether (sulfide) groups is 1. The van der Waals surface area contributed by atoms with Crippen LogP contribution in [0.25, 0.3) is 10.8 Å². The van der Waals surface area contributed by atoms with Crippen LogP contribution >= 0.6 is 24.0 Å². The van der Waals surface area contributed by atoms with Crippen molar-refractivity contribution in [2.24, 2.45) is 0 Å². The lowest BCUT2D eigenvalue weighted by atomic mass is 10.1. The van der Waals surface area contributed by atoms with Crippen LogP contribution in [0.2, 0.25) is 0 Å². The van der Waals surface area contributed by atoms with Crippen molar-refractivity contribution in [2.45, 2.75) is 24.8 Å². The highest BCUT2D eigenvalue weighted by atomic mass is 32.2. The fourth-order valence-electron chi connectivity index (χ4n) is 4.19. The van der Waals surface area contributed by atoms with E-state index < -0.39 is 0 Å². The summed E-state index contributed by atoms with van der Waals surface area (Å²) in [5, 5.41) is 2.10. The number of fused-ring (bicyclic) bond motifs is 1. The zero-order valence-electron chi connectivity index (χ0n) is 19.2. The maximum atomic E-state index is 13.1. The van der Waals surface area contributed by atoms with E-state index in [0.717, 1.165) is 16.7 Å². The Morgan fingerprint density at radius 2 is 1.86 bits per heavy atom. The molecule has 3 aromatic carbocycles. The van der Waals surface area contributed by atoms with Gasteiger partial charge in [0.25, 0.3) is 0 Å². The first-order valence-electron chi connectivity index (χ1n) is 11.3. The maximum Gasteiger partial charge on any atom is 0.242 e. The molecule has 0 N–H and O–H groups in total. The molecule has 1 amide bonds. The summed E-state index contributed by atoms with van der Waals surface area (Å²) >= 11 is 6.93. The molecule has 0 aliphatic carbocycles. The number of hydrogen-bond acceptors (Lipinski definition) is 6. The first-order chi connectivity index (χ1) is 17.1. The zero-order valence-corrected chi connectivity index (χ0v) is 20.9. The van der Waals surface area contributed by atoms with Gasteiger partial charge >= 0.3 is 0 Å². The van der Waals surface area contributed by atoms with E-state index in [1.165, 1.54) is 22.5 Å². The first kappa shape index (κ1) is 23.3. The monoisotopic (exact) mass is 500 g/mol. The minimum Gasteiger partial charge on any atom is -0.493 e. The SMILES string of the molecule is COc1cc(C[C@@H]2SC(=S)N(Cc3cccnc3)C2=O)ccc1OCc1cccc2ccccc12. The molecule has 1 saturated heterocycles. The number of hydrogen-bond donors (Lipinski definition) is 0. The summed E-state index contributed by atoms with van der Waals surface area (Å²) in [7, 11) is 1.63. The van der Waals surface area contributed by atoms with Gasteiger partial charge in [-0.3, -0.25) is 14.7 Å². The molecule has 0 bridgehead atoms. The van der Waals surface area contributed by atoms with Crippen LogP contribution in [0.5, 0.6) is 11.5 Å². The smallest absolute Gasteiger partial charge is 0.242 e. The Bertz CT molecular complexity index is 1370. The molecular formula is C28H24N2O3S2. The zero-order chi connectivity index (χ0) is 24.2. The number of thiocarbonyl (C=S) groups is 1. The van der Waals surface area contributed by atoms with Crippen LogP contribution in [0.4, 0.5) is 0 Å². The van der Waals surface area contributed by atoms with Crippen LogP contribution in [-0.4, -0.2) is 32.5 Å². The van der Waals surface area contributed by atoms with Gasteiger partial charge in [-0.1, -0.05) is 78.6 Å². The second-order valence-corrected chi connectivity index (χ2v) is 10.1. The van der Waals surface area contributed by atoms with Crippen LogP contribution in [0.15, 0.2) is 85.2 Å². The van der Waals surface area contributed by atoms with Gasteiger partial charge in [-0.2, -0.15) is 0 Å². The Kier molecular flexibility index (Phi) is 6.97. The third-order valence-corrected chi connectivity index (χ3v) is 7.56. The summed E-state index contributed by atoms with van der Waals surface area (Å²) in [6.45, 7) is 0.880. The minimum absolute atomic E-state index is 0.0269. The summed E-state index contributed by atoms with van der Waals surface area (Å²) in [4.78, 5) is 18.8. The van der Waals surface area contributed by atoms with Gasteiger partial charge in [0.1, 0.15) is 10.9 Å². The third kappa shape index (κ3) is 5.16. The van der Waals surface area contributed by atoms with E-state index >= 15 is 0 Å². The molecule has 176 valence electrons. The molecule has 0 radical (unpaired) electrons. The van der Waals surface area contributed by atoms with Gasteiger partial charge in [0.15, 0.2) is 11.5 Å². The molecule has 1 fully saturated rings. The number of amides is 1. The number of carbonyl (C=O) groups is 1. The number of methoxy groups -OCH3 is 1. The molecule has 1 aliphatic heterocycles. The van der Waals surface area contributed by atoms with Gasteiger partial charge in [-0.25, -0.2) is 0 Å². The van der Waals surface area contributed by atoms with Crippen molar-refractivity contribution in [1.29, 1.82) is 0 Å². The number of nitrogens with zero attached hydrogens (tertiary/aromatic N) is 2. The summed E-state index contributed by atoms with van der Waals surface area (Å²) in [6.07, 6.45) is 4.04. The number of rotatable bonds is 8. The Hall–Kier alpha value is -3.42. The van der Waals surface area contributed by atoms with Gasteiger partial charge in [0.05, 0.1) is 18.9 Å². The van der Waals surface area contributed by atoms with Gasteiger partial charge < -0.3 is 9.47 Å². The van der Waals surface area contributed by atoms with Crippen molar-refractivity contribution in [2.75, 3.05) is 7.11 Å². The normalized spacial score (nSPS) is 15.6. The van der Waals surface area contributed by atoms with Crippen molar-refractivity contribution >= 4 is 45.0 Å². The highest BCUT2D eigenvalue weighted by Crippen LogP contribution is 2.34. The van der Waals surface area contributed by atoms with Crippen molar-refractivity contribution < 1.29 is 14.3 Å². The number of benzene rings is 3. The largest absolute Gasteiger partial charge is 0.493 e. The molecule has 1 atom stereocenters. The van der Waals surface area contributed by atoms with E-state index in [-0.39, 0.29) is 11.2 Å². The Labute approximate surface area is 214 Å². The van der Waals surface area contributed by atoms with Crippen LogP contribution in [0, 0.1) is 0 Å². The number of aromatic nitrogens is 1. The fraction of sp³-hybridized carbons (Fsp3) is 0.179. The van der Waals surface area contributed by atoms with Gasteiger partial charge in [0, 0.05) is 12.4 Å². The second kappa shape index (κ2) is 10.5. The molecule has 2 heterocycles. The average molecular weight is 501 g/mol. The lowest BCUT2D eigenvalue weighted by Gasteiger charge is -2.16. The van der Waals surface area contributed by atoms with E-state index in [1.807, 2.05) is 48.5 Å². The predicted molar refractivity (Wildman–Crippen MR) is 144 cm³/mol. The highest BCUT2D eigenvalue weighted by molar-refractivity contribution is 8.24. The van der Waals surface area contributed by atoms with E-state index in [4.69, 9.17) is 21.7 Å². The van der Waals surface area contributed by atoms with E-state index in [9.17, 15) is 4.79 Å². The van der Waals surface area contributed by atoms with Crippen molar-refractivity contribution in [3.8, 4) is 11.5 Å². The van der Waals surface area contributed by atoms with Crippen LogP contribution < -0.4 is 9.47 Å². The molecule has 4 aromatic rings. The molecule has 1 aliphatic rings. The number of carbonyl (C=O) groups excluding carboxylic acids is 1. The second-order valence-electron chi connectivity index (χ2n) is 8.27. The molecule has 7 heteroatoms. The summed E-state index contributed by atoms with van der Waals surface area (Å²) in [5.41, 5.74) is 3.07. The summed E-state index contributed by atoms with van der Waals surface area (Å²) < 4.78 is 12.4. The summed E-state index contributed by atoms with van der Waals surface area (Å²) in [6, 6.07) is 24.1. The molecule has 0 spiro atoms. The Balaban J connectivity index is 1.27. The maximum absolute atomic E-state index is 13.1. The molecular weight excluding hydrogens is 476 g/mol. The fourth-order valence-corrected chi connectivity index (χ4v) is 5.72. The molecule has 1 aromatic heterocycles. The third-order valence-electron chi connectivity index (χ3n) is 5.98. The molecule has 5 nitrogen and oxygen atoms in total. The average Bonchev–Trinajstić information content (AvgIpc) is 3.15. The van der Waals surface area contributed by atoms with Crippen LogP contribution in [0.1, 0.15) is 16.7 Å². The van der Waals surface area contributed by atoms with Gasteiger partial charge in [-0.05, 0) is 52.1 Å². The topological polar surface area (TPSA) is 51.7 Å².